The molecule has 23 heavy (non-hydrogen) atoms. The normalized spacial score (nSPS) is 24.2. The maximum Gasteiger partial charge on any atom is 0.194 e. The number of aliphatic imine (C=N–C) groups is 1. The average Bonchev–Trinajstić information content (AvgIpc) is 3.10. The van der Waals surface area contributed by atoms with E-state index in [-0.39, 0.29) is 6.10 Å². The van der Waals surface area contributed by atoms with E-state index in [1.54, 1.807) is 0 Å². The summed E-state index contributed by atoms with van der Waals surface area (Å²) in [5, 5.41) is 13.1. The quantitative estimate of drug-likeness (QED) is 0.652. The van der Waals surface area contributed by atoms with Crippen LogP contribution in [0, 0.1) is 0 Å². The van der Waals surface area contributed by atoms with Gasteiger partial charge in [-0.3, -0.25) is 4.99 Å². The fourth-order valence-electron chi connectivity index (χ4n) is 3.59. The molecule has 1 unspecified atom stereocenters. The summed E-state index contributed by atoms with van der Waals surface area (Å²) in [6, 6.07) is 9.21. The second-order valence-corrected chi connectivity index (χ2v) is 6.50. The number of nitrogens with one attached hydrogen (secondary N) is 1. The van der Waals surface area contributed by atoms with Gasteiger partial charge in [0, 0.05) is 37.9 Å². The molecule has 0 radical (unpaired) electrons. The van der Waals surface area contributed by atoms with E-state index in [0.717, 1.165) is 45.0 Å². The van der Waals surface area contributed by atoms with Crippen LogP contribution in [-0.2, 0) is 6.42 Å². The molecule has 5 nitrogen and oxygen atoms in total. The molecule has 0 spiro atoms. The summed E-state index contributed by atoms with van der Waals surface area (Å²) in [7, 11) is 0. The second-order valence-electron chi connectivity index (χ2n) is 6.50. The van der Waals surface area contributed by atoms with Crippen molar-refractivity contribution in [3.8, 4) is 0 Å². The summed E-state index contributed by atoms with van der Waals surface area (Å²) in [5.74, 6) is 0.934. The third-order valence-electron chi connectivity index (χ3n) is 4.75. The maximum absolute atomic E-state index is 9.73. The summed E-state index contributed by atoms with van der Waals surface area (Å²) < 4.78 is 0. The van der Waals surface area contributed by atoms with E-state index in [4.69, 9.17) is 4.99 Å². The summed E-state index contributed by atoms with van der Waals surface area (Å²) in [4.78, 5) is 9.40. The van der Waals surface area contributed by atoms with Gasteiger partial charge in [0.05, 0.1) is 12.6 Å². The van der Waals surface area contributed by atoms with E-state index in [1.165, 1.54) is 11.3 Å². The summed E-state index contributed by atoms with van der Waals surface area (Å²) >= 11 is 0. The fraction of sp³-hybridized carbons (Fsp3) is 0.611. The highest BCUT2D eigenvalue weighted by Crippen LogP contribution is 2.31. The molecule has 2 aliphatic rings. The van der Waals surface area contributed by atoms with E-state index < -0.39 is 0 Å². The first-order chi connectivity index (χ1) is 11.2. The molecule has 0 bridgehead atoms. The number of fused-ring (bicyclic) bond motifs is 1. The predicted molar refractivity (Wildman–Crippen MR) is 95.1 cm³/mol. The lowest BCUT2D eigenvalue weighted by Gasteiger charge is -2.25. The van der Waals surface area contributed by atoms with Gasteiger partial charge in [0.2, 0.25) is 0 Å². The Balaban J connectivity index is 1.62. The molecule has 2 aliphatic heterocycles. The molecule has 3 rings (SSSR count). The van der Waals surface area contributed by atoms with E-state index in [2.05, 4.69) is 53.2 Å². The Morgan fingerprint density at radius 3 is 2.96 bits per heavy atom. The topological polar surface area (TPSA) is 51.1 Å². The Bertz CT molecular complexity index is 560. The minimum absolute atomic E-state index is 0.218. The Hall–Kier alpha value is -1.75. The maximum atomic E-state index is 9.73. The van der Waals surface area contributed by atoms with Crippen LogP contribution in [0.5, 0.6) is 0 Å². The van der Waals surface area contributed by atoms with E-state index in [0.29, 0.717) is 12.6 Å². The number of para-hydroxylation sites is 1. The van der Waals surface area contributed by atoms with Crippen LogP contribution < -0.4 is 10.2 Å². The second kappa shape index (κ2) is 7.21. The lowest BCUT2D eigenvalue weighted by atomic mass is 10.1. The number of aliphatic hydroxyl groups is 1. The van der Waals surface area contributed by atoms with Crippen LogP contribution in [0.1, 0.15) is 25.8 Å². The SMILES string of the molecule is CCNC(=NCCN1c2ccccc2CC1C)N1CC[C@@H](O)C1. The molecule has 2 N–H and O–H groups in total. The average molecular weight is 316 g/mol. The minimum Gasteiger partial charge on any atom is -0.391 e. The molecule has 1 aromatic rings. The number of benzene rings is 1. The lowest BCUT2D eigenvalue weighted by Crippen LogP contribution is -2.41. The van der Waals surface area contributed by atoms with Gasteiger partial charge in [-0.05, 0) is 38.3 Å². The molecule has 1 saturated heterocycles. The molecule has 126 valence electrons. The molecule has 0 aliphatic carbocycles. The highest BCUT2D eigenvalue weighted by Gasteiger charge is 2.25. The molecule has 0 saturated carbocycles. The van der Waals surface area contributed by atoms with Crippen LogP contribution in [-0.4, -0.2) is 60.8 Å². The monoisotopic (exact) mass is 316 g/mol. The van der Waals surface area contributed by atoms with Crippen molar-refractivity contribution in [2.75, 3.05) is 37.6 Å². The summed E-state index contributed by atoms with van der Waals surface area (Å²) in [6.07, 6.45) is 1.74. The largest absolute Gasteiger partial charge is 0.391 e. The number of rotatable bonds is 4. The number of β-amino-alcohol motifs (C(OH)–C–C–N with tert-alkyl or cyclic N) is 1. The van der Waals surface area contributed by atoms with Gasteiger partial charge in [0.1, 0.15) is 0 Å². The zero-order valence-electron chi connectivity index (χ0n) is 14.2. The van der Waals surface area contributed by atoms with Crippen LogP contribution in [0.4, 0.5) is 5.69 Å². The number of hydrogen-bond donors (Lipinski definition) is 2. The number of likely N-dealkylation sites (tertiary alicyclic amines) is 1. The van der Waals surface area contributed by atoms with Crippen molar-refractivity contribution >= 4 is 11.6 Å². The first-order valence-corrected chi connectivity index (χ1v) is 8.75. The van der Waals surface area contributed by atoms with Crippen LogP contribution in [0.3, 0.4) is 0 Å². The van der Waals surface area contributed by atoms with Crippen molar-refractivity contribution in [2.45, 2.75) is 38.8 Å². The fourth-order valence-corrected chi connectivity index (χ4v) is 3.59. The van der Waals surface area contributed by atoms with E-state index in [1.807, 2.05) is 0 Å². The van der Waals surface area contributed by atoms with E-state index in [9.17, 15) is 5.11 Å². The highest BCUT2D eigenvalue weighted by atomic mass is 16.3. The molecule has 1 aromatic carbocycles. The van der Waals surface area contributed by atoms with Crippen molar-refractivity contribution in [3.63, 3.8) is 0 Å². The summed E-state index contributed by atoms with van der Waals surface area (Å²) in [6.45, 7) is 8.50. The van der Waals surface area contributed by atoms with Gasteiger partial charge in [-0.25, -0.2) is 0 Å². The van der Waals surface area contributed by atoms with Crippen LogP contribution >= 0.6 is 0 Å². The van der Waals surface area contributed by atoms with Gasteiger partial charge < -0.3 is 20.2 Å². The number of aliphatic hydroxyl groups excluding tert-OH is 1. The predicted octanol–water partition coefficient (Wildman–Crippen LogP) is 1.47. The van der Waals surface area contributed by atoms with Crippen LogP contribution in [0.2, 0.25) is 0 Å². The highest BCUT2D eigenvalue weighted by molar-refractivity contribution is 5.80. The zero-order valence-corrected chi connectivity index (χ0v) is 14.2. The molecule has 0 aromatic heterocycles. The Morgan fingerprint density at radius 2 is 2.22 bits per heavy atom. The molecular weight excluding hydrogens is 288 g/mol. The number of anilines is 1. The van der Waals surface area contributed by atoms with Crippen molar-refractivity contribution < 1.29 is 5.11 Å². The Morgan fingerprint density at radius 1 is 1.39 bits per heavy atom. The molecule has 1 fully saturated rings. The Labute approximate surface area is 139 Å². The summed E-state index contributed by atoms with van der Waals surface area (Å²) in [5.41, 5.74) is 2.80. The van der Waals surface area contributed by atoms with Gasteiger partial charge >= 0.3 is 0 Å². The first-order valence-electron chi connectivity index (χ1n) is 8.75. The van der Waals surface area contributed by atoms with Crippen molar-refractivity contribution in [1.29, 1.82) is 0 Å². The van der Waals surface area contributed by atoms with Crippen molar-refractivity contribution in [2.24, 2.45) is 4.99 Å². The molecule has 5 heteroatoms. The minimum atomic E-state index is -0.218. The van der Waals surface area contributed by atoms with Crippen LogP contribution in [0.25, 0.3) is 0 Å². The number of guanidine groups is 1. The van der Waals surface area contributed by atoms with Crippen molar-refractivity contribution in [3.05, 3.63) is 29.8 Å². The molecule has 2 heterocycles. The third kappa shape index (κ3) is 3.61. The van der Waals surface area contributed by atoms with Gasteiger partial charge in [-0.15, -0.1) is 0 Å². The van der Waals surface area contributed by atoms with Gasteiger partial charge in [-0.1, -0.05) is 18.2 Å². The first kappa shape index (κ1) is 16.1. The standard InChI is InChI=1S/C18H28N4O/c1-3-19-18(21-10-8-16(23)13-21)20-9-11-22-14(2)12-15-6-4-5-7-17(15)22/h4-7,14,16,23H,3,8-13H2,1-2H3,(H,19,20)/t14?,16-/m1/s1. The molecule has 2 atom stereocenters. The van der Waals surface area contributed by atoms with E-state index >= 15 is 0 Å². The zero-order chi connectivity index (χ0) is 16.2. The van der Waals surface area contributed by atoms with Crippen LogP contribution in [0.15, 0.2) is 29.3 Å². The van der Waals surface area contributed by atoms with Crippen molar-refractivity contribution in [1.82, 2.24) is 10.2 Å². The lowest BCUT2D eigenvalue weighted by molar-refractivity contribution is 0.188. The molecule has 0 amide bonds. The number of hydrogen-bond acceptors (Lipinski definition) is 3. The third-order valence-corrected chi connectivity index (χ3v) is 4.75. The van der Waals surface area contributed by atoms with Gasteiger partial charge in [0.15, 0.2) is 5.96 Å². The molecular formula is C18H28N4O. The van der Waals surface area contributed by atoms with Gasteiger partial charge in [0.25, 0.3) is 0 Å². The van der Waals surface area contributed by atoms with Gasteiger partial charge in [-0.2, -0.15) is 0 Å². The Kier molecular flexibility index (Phi) is 5.06. The smallest absolute Gasteiger partial charge is 0.194 e. The number of nitrogens with zero attached hydrogens (tertiary/aromatic N) is 3.